The molecule has 0 bridgehead atoms. The fourth-order valence-electron chi connectivity index (χ4n) is 1.70. The standard InChI is InChI=1S/C15H23FN2O2/c1-11-4-5-12(8-13(11)16)9-17-14(20)18-10-15(2,3)6-7-19/h4-5,8,19H,6-7,9-10H2,1-3H3,(H2,17,18,20). The predicted molar refractivity (Wildman–Crippen MR) is 76.9 cm³/mol. The van der Waals surface area contributed by atoms with E-state index in [0.29, 0.717) is 18.5 Å². The minimum Gasteiger partial charge on any atom is -0.396 e. The predicted octanol–water partition coefficient (Wildman–Crippen LogP) is 2.34. The topological polar surface area (TPSA) is 61.4 Å². The molecule has 20 heavy (non-hydrogen) atoms. The summed E-state index contributed by atoms with van der Waals surface area (Å²) in [4.78, 5) is 11.6. The number of benzene rings is 1. The second-order valence-corrected chi connectivity index (χ2v) is 5.76. The third-order valence-corrected chi connectivity index (χ3v) is 3.21. The van der Waals surface area contributed by atoms with Crippen molar-refractivity contribution in [2.45, 2.75) is 33.7 Å². The lowest BCUT2D eigenvalue weighted by atomic mass is 9.90. The minimum atomic E-state index is -0.294. The van der Waals surface area contributed by atoms with Gasteiger partial charge in [-0.25, -0.2) is 9.18 Å². The van der Waals surface area contributed by atoms with Crippen molar-refractivity contribution in [3.05, 3.63) is 35.1 Å². The highest BCUT2D eigenvalue weighted by Gasteiger charge is 2.17. The van der Waals surface area contributed by atoms with Crippen LogP contribution in [0.25, 0.3) is 0 Å². The van der Waals surface area contributed by atoms with Crippen LogP contribution in [0, 0.1) is 18.2 Å². The molecule has 1 aromatic carbocycles. The van der Waals surface area contributed by atoms with Crippen LogP contribution in [0.1, 0.15) is 31.4 Å². The number of aliphatic hydroxyl groups is 1. The van der Waals surface area contributed by atoms with Crippen molar-refractivity contribution in [1.82, 2.24) is 10.6 Å². The Morgan fingerprint density at radius 3 is 2.65 bits per heavy atom. The number of rotatable bonds is 6. The van der Waals surface area contributed by atoms with Gasteiger partial charge in [0.2, 0.25) is 0 Å². The molecular weight excluding hydrogens is 259 g/mol. The van der Waals surface area contributed by atoms with Gasteiger partial charge in [-0.3, -0.25) is 0 Å². The van der Waals surface area contributed by atoms with Crippen molar-refractivity contribution in [2.75, 3.05) is 13.2 Å². The highest BCUT2D eigenvalue weighted by molar-refractivity contribution is 5.73. The molecule has 5 heteroatoms. The second kappa shape index (κ2) is 7.24. The summed E-state index contributed by atoms with van der Waals surface area (Å²) < 4.78 is 13.3. The van der Waals surface area contributed by atoms with E-state index in [9.17, 15) is 9.18 Å². The first-order valence-electron chi connectivity index (χ1n) is 6.72. The van der Waals surface area contributed by atoms with Gasteiger partial charge in [0, 0.05) is 19.7 Å². The Labute approximate surface area is 119 Å². The van der Waals surface area contributed by atoms with E-state index in [1.54, 1.807) is 19.1 Å². The number of carbonyl (C=O) groups excluding carboxylic acids is 1. The quantitative estimate of drug-likeness (QED) is 0.750. The summed E-state index contributed by atoms with van der Waals surface area (Å²) in [6.45, 7) is 6.49. The van der Waals surface area contributed by atoms with E-state index >= 15 is 0 Å². The van der Waals surface area contributed by atoms with Crippen LogP contribution in [-0.4, -0.2) is 24.3 Å². The average molecular weight is 282 g/mol. The van der Waals surface area contributed by atoms with Crippen molar-refractivity contribution >= 4 is 6.03 Å². The third kappa shape index (κ3) is 5.57. The van der Waals surface area contributed by atoms with E-state index in [1.165, 1.54) is 6.07 Å². The molecule has 0 aliphatic carbocycles. The van der Waals surface area contributed by atoms with Crippen LogP contribution >= 0.6 is 0 Å². The maximum atomic E-state index is 13.3. The molecule has 0 radical (unpaired) electrons. The molecule has 1 rings (SSSR count). The van der Waals surface area contributed by atoms with Crippen molar-refractivity contribution < 1.29 is 14.3 Å². The molecule has 0 aromatic heterocycles. The van der Waals surface area contributed by atoms with E-state index in [1.807, 2.05) is 13.8 Å². The number of urea groups is 1. The van der Waals surface area contributed by atoms with Crippen LogP contribution in [0.2, 0.25) is 0 Å². The number of halogens is 1. The third-order valence-electron chi connectivity index (χ3n) is 3.21. The summed E-state index contributed by atoms with van der Waals surface area (Å²) in [5.74, 6) is -0.270. The molecule has 0 saturated carbocycles. The number of nitrogens with one attached hydrogen (secondary N) is 2. The molecule has 0 saturated heterocycles. The number of aliphatic hydroxyl groups excluding tert-OH is 1. The fourth-order valence-corrected chi connectivity index (χ4v) is 1.70. The lowest BCUT2D eigenvalue weighted by Crippen LogP contribution is -2.40. The maximum Gasteiger partial charge on any atom is 0.315 e. The van der Waals surface area contributed by atoms with Crippen LogP contribution in [0.4, 0.5) is 9.18 Å². The van der Waals surface area contributed by atoms with E-state index in [4.69, 9.17) is 5.11 Å². The van der Waals surface area contributed by atoms with Gasteiger partial charge < -0.3 is 15.7 Å². The molecule has 0 aliphatic rings. The second-order valence-electron chi connectivity index (χ2n) is 5.76. The van der Waals surface area contributed by atoms with Gasteiger partial charge in [-0.1, -0.05) is 26.0 Å². The van der Waals surface area contributed by atoms with E-state index in [2.05, 4.69) is 10.6 Å². The van der Waals surface area contributed by atoms with Crippen LogP contribution in [0.5, 0.6) is 0 Å². The summed E-state index contributed by atoms with van der Waals surface area (Å²) in [5.41, 5.74) is 1.16. The fraction of sp³-hybridized carbons (Fsp3) is 0.533. The summed E-state index contributed by atoms with van der Waals surface area (Å²) in [7, 11) is 0. The first-order valence-corrected chi connectivity index (χ1v) is 6.72. The molecule has 3 N–H and O–H groups in total. The number of carbonyl (C=O) groups is 1. The monoisotopic (exact) mass is 282 g/mol. The minimum absolute atomic E-state index is 0.0962. The van der Waals surface area contributed by atoms with Gasteiger partial charge in [0.25, 0.3) is 0 Å². The van der Waals surface area contributed by atoms with Gasteiger partial charge in [-0.05, 0) is 36.0 Å². The van der Waals surface area contributed by atoms with Gasteiger partial charge in [0.1, 0.15) is 5.82 Å². The lowest BCUT2D eigenvalue weighted by Gasteiger charge is -2.23. The summed E-state index contributed by atoms with van der Waals surface area (Å²) >= 11 is 0. The van der Waals surface area contributed by atoms with Crippen molar-refractivity contribution in [3.63, 3.8) is 0 Å². The Bertz CT molecular complexity index is 461. The first-order chi connectivity index (χ1) is 9.34. The molecule has 0 unspecified atom stereocenters. The molecule has 0 atom stereocenters. The molecule has 0 heterocycles. The molecular formula is C15H23FN2O2. The smallest absolute Gasteiger partial charge is 0.315 e. The van der Waals surface area contributed by atoms with Gasteiger partial charge in [0.15, 0.2) is 0 Å². The Balaban J connectivity index is 2.38. The van der Waals surface area contributed by atoms with Gasteiger partial charge in [-0.2, -0.15) is 0 Å². The molecule has 2 amide bonds. The zero-order chi connectivity index (χ0) is 15.2. The van der Waals surface area contributed by atoms with Crippen LogP contribution < -0.4 is 10.6 Å². The maximum absolute atomic E-state index is 13.3. The summed E-state index contributed by atoms with van der Waals surface area (Å²) in [5, 5.41) is 14.3. The summed E-state index contributed by atoms with van der Waals surface area (Å²) in [6.07, 6.45) is 0.621. The zero-order valence-electron chi connectivity index (χ0n) is 12.3. The van der Waals surface area contributed by atoms with Gasteiger partial charge in [-0.15, -0.1) is 0 Å². The van der Waals surface area contributed by atoms with Crippen LogP contribution in [0.15, 0.2) is 18.2 Å². The normalized spacial score (nSPS) is 11.2. The largest absolute Gasteiger partial charge is 0.396 e. The van der Waals surface area contributed by atoms with Crippen molar-refractivity contribution in [3.8, 4) is 0 Å². The Morgan fingerprint density at radius 1 is 1.35 bits per heavy atom. The van der Waals surface area contributed by atoms with Gasteiger partial charge in [0.05, 0.1) is 0 Å². The number of hydrogen-bond acceptors (Lipinski definition) is 2. The van der Waals surface area contributed by atoms with E-state index < -0.39 is 0 Å². The van der Waals surface area contributed by atoms with Crippen LogP contribution in [0.3, 0.4) is 0 Å². The Kier molecular flexibility index (Phi) is 5.95. The lowest BCUT2D eigenvalue weighted by molar-refractivity contribution is 0.201. The van der Waals surface area contributed by atoms with Crippen molar-refractivity contribution in [2.24, 2.45) is 5.41 Å². The number of hydrogen-bond donors (Lipinski definition) is 3. The van der Waals surface area contributed by atoms with E-state index in [0.717, 1.165) is 5.56 Å². The highest BCUT2D eigenvalue weighted by Crippen LogP contribution is 2.17. The summed E-state index contributed by atoms with van der Waals surface area (Å²) in [6, 6.07) is 4.60. The SMILES string of the molecule is Cc1ccc(CNC(=O)NCC(C)(C)CCO)cc1F. The Morgan fingerprint density at radius 2 is 2.05 bits per heavy atom. The highest BCUT2D eigenvalue weighted by atomic mass is 19.1. The first kappa shape index (κ1) is 16.4. The molecule has 112 valence electrons. The molecule has 0 aliphatic heterocycles. The van der Waals surface area contributed by atoms with Crippen molar-refractivity contribution in [1.29, 1.82) is 0 Å². The van der Waals surface area contributed by atoms with E-state index in [-0.39, 0.29) is 30.4 Å². The van der Waals surface area contributed by atoms with Gasteiger partial charge >= 0.3 is 6.03 Å². The zero-order valence-corrected chi connectivity index (χ0v) is 12.3. The molecule has 0 fully saturated rings. The molecule has 0 spiro atoms. The number of amides is 2. The number of aryl methyl sites for hydroxylation is 1. The molecule has 1 aromatic rings. The average Bonchev–Trinajstić information content (AvgIpc) is 2.38. The molecule has 4 nitrogen and oxygen atoms in total. The Hall–Kier alpha value is -1.62. The van der Waals surface area contributed by atoms with Crippen LogP contribution in [-0.2, 0) is 6.54 Å².